The molecule has 0 spiro atoms. The van der Waals surface area contributed by atoms with Crippen LogP contribution in [0.1, 0.15) is 20.3 Å². The Kier molecular flexibility index (Phi) is 3.29. The van der Waals surface area contributed by atoms with Crippen molar-refractivity contribution in [2.45, 2.75) is 31.9 Å². The highest BCUT2D eigenvalue weighted by Crippen LogP contribution is 2.38. The van der Waals surface area contributed by atoms with Crippen molar-refractivity contribution in [2.24, 2.45) is 0 Å². The molecule has 112 valence electrons. The SMILES string of the molecule is COc1c(N)cccc1-c1nnnn1C1(C)CCOC1C. The predicted molar refractivity (Wildman–Crippen MR) is 77.9 cm³/mol. The van der Waals surface area contributed by atoms with Crippen molar-refractivity contribution in [1.82, 2.24) is 20.2 Å². The fourth-order valence-electron chi connectivity index (χ4n) is 2.76. The molecule has 2 unspecified atom stereocenters. The van der Waals surface area contributed by atoms with Gasteiger partial charge in [0.05, 0.1) is 30.0 Å². The quantitative estimate of drug-likeness (QED) is 0.860. The van der Waals surface area contributed by atoms with Crippen LogP contribution in [0.3, 0.4) is 0 Å². The van der Waals surface area contributed by atoms with Gasteiger partial charge in [0, 0.05) is 6.61 Å². The van der Waals surface area contributed by atoms with E-state index in [1.807, 2.05) is 23.7 Å². The smallest absolute Gasteiger partial charge is 0.186 e. The summed E-state index contributed by atoms with van der Waals surface area (Å²) >= 11 is 0. The Hall–Kier alpha value is -2.15. The van der Waals surface area contributed by atoms with Gasteiger partial charge in [-0.2, -0.15) is 0 Å². The molecule has 1 saturated heterocycles. The lowest BCUT2D eigenvalue weighted by atomic mass is 9.94. The summed E-state index contributed by atoms with van der Waals surface area (Å²) < 4.78 is 12.9. The van der Waals surface area contributed by atoms with Gasteiger partial charge in [-0.05, 0) is 42.8 Å². The first kappa shape index (κ1) is 13.8. The zero-order valence-corrected chi connectivity index (χ0v) is 12.4. The topological polar surface area (TPSA) is 88.1 Å². The first-order valence-corrected chi connectivity index (χ1v) is 6.91. The summed E-state index contributed by atoms with van der Waals surface area (Å²) in [5.41, 5.74) is 7.03. The molecule has 2 aromatic rings. The van der Waals surface area contributed by atoms with E-state index in [1.54, 1.807) is 13.2 Å². The van der Waals surface area contributed by atoms with Gasteiger partial charge in [0.1, 0.15) is 0 Å². The van der Waals surface area contributed by atoms with Crippen LogP contribution in [0, 0.1) is 0 Å². The van der Waals surface area contributed by atoms with Crippen molar-refractivity contribution >= 4 is 5.69 Å². The van der Waals surface area contributed by atoms with E-state index in [0.717, 1.165) is 12.0 Å². The second kappa shape index (κ2) is 5.00. The number of benzene rings is 1. The highest BCUT2D eigenvalue weighted by atomic mass is 16.5. The average molecular weight is 289 g/mol. The lowest BCUT2D eigenvalue weighted by Gasteiger charge is -2.28. The Labute approximate surface area is 123 Å². The van der Waals surface area contributed by atoms with Gasteiger partial charge in [-0.15, -0.1) is 5.10 Å². The van der Waals surface area contributed by atoms with Crippen molar-refractivity contribution in [3.63, 3.8) is 0 Å². The number of nitrogens with two attached hydrogens (primary N) is 1. The Balaban J connectivity index is 2.14. The van der Waals surface area contributed by atoms with Crippen LogP contribution in [0.15, 0.2) is 18.2 Å². The van der Waals surface area contributed by atoms with Gasteiger partial charge in [0.2, 0.25) is 0 Å². The summed E-state index contributed by atoms with van der Waals surface area (Å²) in [6.07, 6.45) is 0.892. The van der Waals surface area contributed by atoms with Crippen LogP contribution >= 0.6 is 0 Å². The molecule has 2 N–H and O–H groups in total. The number of para-hydroxylation sites is 1. The van der Waals surface area contributed by atoms with Crippen LogP contribution in [0.25, 0.3) is 11.4 Å². The molecule has 1 aromatic carbocycles. The monoisotopic (exact) mass is 289 g/mol. The molecule has 0 amide bonds. The third-order valence-corrected chi connectivity index (χ3v) is 4.30. The molecular formula is C14H19N5O2. The van der Waals surface area contributed by atoms with E-state index in [9.17, 15) is 0 Å². The van der Waals surface area contributed by atoms with Crippen molar-refractivity contribution in [3.8, 4) is 17.1 Å². The maximum Gasteiger partial charge on any atom is 0.186 e. The summed E-state index contributed by atoms with van der Waals surface area (Å²) in [6.45, 7) is 4.84. The van der Waals surface area contributed by atoms with E-state index in [0.29, 0.717) is 23.9 Å². The number of methoxy groups -OCH3 is 1. The molecule has 7 heteroatoms. The fraction of sp³-hybridized carbons (Fsp3) is 0.500. The highest BCUT2D eigenvalue weighted by molar-refractivity contribution is 5.73. The average Bonchev–Trinajstić information content (AvgIpc) is 3.07. The molecule has 1 aliphatic heterocycles. The Bertz CT molecular complexity index is 657. The van der Waals surface area contributed by atoms with E-state index >= 15 is 0 Å². The van der Waals surface area contributed by atoms with Gasteiger partial charge in [-0.1, -0.05) is 6.07 Å². The molecule has 0 saturated carbocycles. The number of aromatic nitrogens is 4. The number of hydrogen-bond acceptors (Lipinski definition) is 6. The van der Waals surface area contributed by atoms with E-state index in [4.69, 9.17) is 15.2 Å². The van der Waals surface area contributed by atoms with Crippen molar-refractivity contribution in [1.29, 1.82) is 0 Å². The number of tetrazole rings is 1. The van der Waals surface area contributed by atoms with E-state index < -0.39 is 0 Å². The Morgan fingerprint density at radius 1 is 1.48 bits per heavy atom. The van der Waals surface area contributed by atoms with Gasteiger partial charge in [0.15, 0.2) is 11.6 Å². The number of hydrogen-bond donors (Lipinski definition) is 1. The molecule has 1 fully saturated rings. The molecule has 7 nitrogen and oxygen atoms in total. The van der Waals surface area contributed by atoms with Crippen LogP contribution in [0.2, 0.25) is 0 Å². The maximum atomic E-state index is 5.97. The maximum absolute atomic E-state index is 5.97. The third kappa shape index (κ3) is 2.04. The first-order valence-electron chi connectivity index (χ1n) is 6.91. The molecule has 0 radical (unpaired) electrons. The predicted octanol–water partition coefficient (Wildman–Crippen LogP) is 1.45. The zero-order chi connectivity index (χ0) is 15.0. The molecule has 2 atom stereocenters. The molecule has 1 aromatic heterocycles. The number of anilines is 1. The van der Waals surface area contributed by atoms with E-state index in [1.165, 1.54) is 0 Å². The lowest BCUT2D eigenvalue weighted by molar-refractivity contribution is 0.0706. The van der Waals surface area contributed by atoms with Gasteiger partial charge >= 0.3 is 0 Å². The Morgan fingerprint density at radius 2 is 2.29 bits per heavy atom. The largest absolute Gasteiger partial charge is 0.494 e. The summed E-state index contributed by atoms with van der Waals surface area (Å²) in [4.78, 5) is 0. The van der Waals surface area contributed by atoms with Gasteiger partial charge in [-0.3, -0.25) is 0 Å². The number of nitrogen functional groups attached to an aromatic ring is 1. The van der Waals surface area contributed by atoms with Gasteiger partial charge < -0.3 is 15.2 Å². The lowest BCUT2D eigenvalue weighted by Crippen LogP contribution is -2.38. The zero-order valence-electron chi connectivity index (χ0n) is 12.4. The normalized spacial score (nSPS) is 25.2. The molecule has 1 aliphatic rings. The summed E-state index contributed by atoms with van der Waals surface area (Å²) in [7, 11) is 1.59. The molecule has 0 bridgehead atoms. The van der Waals surface area contributed by atoms with Crippen LogP contribution in [-0.4, -0.2) is 40.0 Å². The fourth-order valence-corrected chi connectivity index (χ4v) is 2.76. The molecule has 2 heterocycles. The second-order valence-corrected chi connectivity index (χ2v) is 5.46. The first-order chi connectivity index (χ1) is 10.1. The minimum Gasteiger partial charge on any atom is -0.494 e. The van der Waals surface area contributed by atoms with Crippen molar-refractivity contribution in [3.05, 3.63) is 18.2 Å². The minimum atomic E-state index is -0.283. The van der Waals surface area contributed by atoms with E-state index in [-0.39, 0.29) is 11.6 Å². The summed E-state index contributed by atoms with van der Waals surface area (Å²) in [6, 6.07) is 5.56. The Morgan fingerprint density at radius 3 is 2.95 bits per heavy atom. The minimum absolute atomic E-state index is 0.0341. The second-order valence-electron chi connectivity index (χ2n) is 5.46. The van der Waals surface area contributed by atoms with Crippen molar-refractivity contribution in [2.75, 3.05) is 19.5 Å². The third-order valence-electron chi connectivity index (χ3n) is 4.30. The number of ether oxygens (including phenoxy) is 2. The molecule has 3 rings (SSSR count). The highest BCUT2D eigenvalue weighted by Gasteiger charge is 2.42. The van der Waals surface area contributed by atoms with Crippen LogP contribution in [-0.2, 0) is 10.3 Å². The summed E-state index contributed by atoms with van der Waals surface area (Å²) in [5, 5.41) is 12.2. The number of rotatable bonds is 3. The van der Waals surface area contributed by atoms with Crippen LogP contribution in [0.4, 0.5) is 5.69 Å². The van der Waals surface area contributed by atoms with E-state index in [2.05, 4.69) is 22.4 Å². The molecular weight excluding hydrogens is 270 g/mol. The number of nitrogens with zero attached hydrogens (tertiary/aromatic N) is 4. The molecule has 21 heavy (non-hydrogen) atoms. The standard InChI is InChI=1S/C14H19N5O2/c1-9-14(2,7-8-21-9)19-13(16-17-18-19)10-5-4-6-11(15)12(10)20-3/h4-6,9H,7-8,15H2,1-3H3. The van der Waals surface area contributed by atoms with Crippen molar-refractivity contribution < 1.29 is 9.47 Å². The van der Waals surface area contributed by atoms with Crippen LogP contribution < -0.4 is 10.5 Å². The van der Waals surface area contributed by atoms with Gasteiger partial charge in [0.25, 0.3) is 0 Å². The molecule has 0 aliphatic carbocycles. The van der Waals surface area contributed by atoms with Gasteiger partial charge in [-0.25, -0.2) is 4.68 Å². The summed E-state index contributed by atoms with van der Waals surface area (Å²) in [5.74, 6) is 1.22. The van der Waals surface area contributed by atoms with Crippen LogP contribution in [0.5, 0.6) is 5.75 Å².